The number of esters is 1. The van der Waals surface area contributed by atoms with E-state index in [1.807, 2.05) is 13.8 Å². The fourth-order valence-corrected chi connectivity index (χ4v) is 6.57. The first-order valence-electron chi connectivity index (χ1n) is 13.4. The number of nitrogens with one attached hydrogen (secondary N) is 2. The van der Waals surface area contributed by atoms with Crippen LogP contribution in [-0.4, -0.2) is 74.6 Å². The summed E-state index contributed by atoms with van der Waals surface area (Å²) in [6, 6.07) is 13.1. The zero-order chi connectivity index (χ0) is 26.9. The predicted molar refractivity (Wildman–Crippen MR) is 149 cm³/mol. The molecule has 2 aliphatic rings. The highest BCUT2D eigenvalue weighted by atomic mass is 32.2. The molecule has 2 N–H and O–H groups in total. The number of likely N-dealkylation sites (N-methyl/N-ethyl adjacent to an activating group) is 1. The lowest BCUT2D eigenvalue weighted by Gasteiger charge is -2.34. The van der Waals surface area contributed by atoms with Crippen molar-refractivity contribution in [1.29, 1.82) is 0 Å². The molecule has 1 aromatic heterocycles. The maximum atomic E-state index is 13.1. The normalized spacial score (nSPS) is 21.2. The van der Waals surface area contributed by atoms with Crippen LogP contribution < -0.4 is 9.62 Å². The van der Waals surface area contributed by atoms with Gasteiger partial charge in [-0.2, -0.15) is 0 Å². The second kappa shape index (κ2) is 11.0. The van der Waals surface area contributed by atoms with Crippen molar-refractivity contribution in [1.82, 2.24) is 19.6 Å². The average molecular weight is 540 g/mol. The molecule has 2 aromatic carbocycles. The number of nitrogens with zero attached hydrogens (tertiary/aromatic N) is 3. The van der Waals surface area contributed by atoms with Crippen LogP contribution in [0.15, 0.2) is 47.4 Å². The lowest BCUT2D eigenvalue weighted by molar-refractivity contribution is -0.153. The van der Waals surface area contributed by atoms with E-state index in [1.54, 1.807) is 18.2 Å². The second-order valence-corrected chi connectivity index (χ2v) is 12.5. The fraction of sp³-hybridized carbons (Fsp3) is 0.500. The summed E-state index contributed by atoms with van der Waals surface area (Å²) in [6.45, 7) is 7.80. The van der Waals surface area contributed by atoms with E-state index in [1.165, 1.54) is 5.69 Å². The van der Waals surface area contributed by atoms with Crippen molar-refractivity contribution < 1.29 is 17.9 Å². The van der Waals surface area contributed by atoms with E-state index in [2.05, 4.69) is 55.8 Å². The van der Waals surface area contributed by atoms with Crippen LogP contribution in [0.5, 0.6) is 0 Å². The zero-order valence-corrected chi connectivity index (χ0v) is 23.1. The lowest BCUT2D eigenvalue weighted by atomic mass is 9.86. The highest BCUT2D eigenvalue weighted by Crippen LogP contribution is 2.28. The SMILES string of the molecule is CC(C)OC(=O)[C@H]1CC[C@H](NS(=O)(=O)c2ccc3[nH]c(-c4ccc(N5CCN(C)CC5)cc4)nc3c2)CC1. The van der Waals surface area contributed by atoms with Gasteiger partial charge in [-0.3, -0.25) is 4.79 Å². The van der Waals surface area contributed by atoms with Crippen LogP contribution >= 0.6 is 0 Å². The van der Waals surface area contributed by atoms with Crippen molar-refractivity contribution in [3.05, 3.63) is 42.5 Å². The van der Waals surface area contributed by atoms with Crippen molar-refractivity contribution in [2.45, 2.75) is 56.6 Å². The van der Waals surface area contributed by atoms with Crippen LogP contribution in [0.25, 0.3) is 22.4 Å². The minimum Gasteiger partial charge on any atom is -0.463 e. The van der Waals surface area contributed by atoms with Crippen molar-refractivity contribution in [2.75, 3.05) is 38.1 Å². The highest BCUT2D eigenvalue weighted by Gasteiger charge is 2.30. The molecule has 3 aromatic rings. The van der Waals surface area contributed by atoms with Crippen molar-refractivity contribution >= 4 is 32.7 Å². The van der Waals surface area contributed by atoms with Crippen LogP contribution in [-0.2, 0) is 19.6 Å². The summed E-state index contributed by atoms with van der Waals surface area (Å²) in [5.41, 5.74) is 3.54. The molecule has 0 radical (unpaired) electrons. The molecule has 1 saturated heterocycles. The third-order valence-corrected chi connectivity index (χ3v) is 9.03. The molecule has 1 aliphatic heterocycles. The van der Waals surface area contributed by atoms with Crippen LogP contribution in [0.3, 0.4) is 0 Å². The number of sulfonamides is 1. The van der Waals surface area contributed by atoms with E-state index < -0.39 is 10.0 Å². The number of anilines is 1. The van der Waals surface area contributed by atoms with Gasteiger partial charge in [-0.1, -0.05) is 0 Å². The number of fused-ring (bicyclic) bond motifs is 1. The maximum absolute atomic E-state index is 13.1. The van der Waals surface area contributed by atoms with E-state index in [4.69, 9.17) is 4.74 Å². The average Bonchev–Trinajstić information content (AvgIpc) is 3.33. The summed E-state index contributed by atoms with van der Waals surface area (Å²) in [7, 11) is -1.57. The first-order valence-corrected chi connectivity index (χ1v) is 14.9. The van der Waals surface area contributed by atoms with Crippen LogP contribution in [0.4, 0.5) is 5.69 Å². The Morgan fingerprint density at radius 2 is 1.71 bits per heavy atom. The van der Waals surface area contributed by atoms with Crippen LogP contribution in [0, 0.1) is 5.92 Å². The molecule has 2 heterocycles. The molecule has 0 amide bonds. The predicted octanol–water partition coefficient (Wildman–Crippen LogP) is 3.77. The van der Waals surface area contributed by atoms with Gasteiger partial charge in [0.2, 0.25) is 10.0 Å². The summed E-state index contributed by atoms with van der Waals surface area (Å²) >= 11 is 0. The smallest absolute Gasteiger partial charge is 0.309 e. The third-order valence-electron chi connectivity index (χ3n) is 7.51. The van der Waals surface area contributed by atoms with Gasteiger partial charge in [0.05, 0.1) is 28.0 Å². The Kier molecular flexibility index (Phi) is 7.74. The molecular formula is C28H37N5O4S. The van der Waals surface area contributed by atoms with Gasteiger partial charge in [-0.05, 0) is 89.0 Å². The minimum absolute atomic E-state index is 0.141. The number of hydrogen-bond acceptors (Lipinski definition) is 7. The Morgan fingerprint density at radius 1 is 1.03 bits per heavy atom. The number of rotatable bonds is 7. The Balaban J connectivity index is 1.24. The molecule has 0 unspecified atom stereocenters. The summed E-state index contributed by atoms with van der Waals surface area (Å²) in [6.07, 6.45) is 2.31. The van der Waals surface area contributed by atoms with Gasteiger partial charge in [-0.15, -0.1) is 0 Å². The maximum Gasteiger partial charge on any atom is 0.309 e. The molecule has 2 fully saturated rings. The van der Waals surface area contributed by atoms with Gasteiger partial charge >= 0.3 is 5.97 Å². The summed E-state index contributed by atoms with van der Waals surface area (Å²) < 4.78 is 34.4. The number of H-pyrrole nitrogens is 1. The molecular weight excluding hydrogens is 502 g/mol. The Labute approximate surface area is 224 Å². The van der Waals surface area contributed by atoms with Gasteiger partial charge in [0.25, 0.3) is 0 Å². The molecule has 38 heavy (non-hydrogen) atoms. The number of imidazole rings is 1. The van der Waals surface area contributed by atoms with E-state index >= 15 is 0 Å². The topological polar surface area (TPSA) is 108 Å². The third kappa shape index (κ3) is 6.03. The molecule has 204 valence electrons. The van der Waals surface area contributed by atoms with Crippen LogP contribution in [0.1, 0.15) is 39.5 Å². The number of hydrogen-bond donors (Lipinski definition) is 2. The quantitative estimate of drug-likeness (QED) is 0.440. The molecule has 5 rings (SSSR count). The van der Waals surface area contributed by atoms with E-state index in [0.717, 1.165) is 37.3 Å². The van der Waals surface area contributed by atoms with E-state index in [-0.39, 0.29) is 28.9 Å². The molecule has 9 nitrogen and oxygen atoms in total. The largest absolute Gasteiger partial charge is 0.463 e. The Bertz CT molecular complexity index is 1370. The second-order valence-electron chi connectivity index (χ2n) is 10.8. The van der Waals surface area contributed by atoms with Crippen molar-refractivity contribution in [2.24, 2.45) is 5.92 Å². The molecule has 0 atom stereocenters. The Morgan fingerprint density at radius 3 is 2.37 bits per heavy atom. The molecule has 10 heteroatoms. The van der Waals surface area contributed by atoms with Crippen molar-refractivity contribution in [3.63, 3.8) is 0 Å². The fourth-order valence-electron chi connectivity index (χ4n) is 5.25. The van der Waals surface area contributed by atoms with Crippen LogP contribution in [0.2, 0.25) is 0 Å². The summed E-state index contributed by atoms with van der Waals surface area (Å²) in [5, 5.41) is 0. The Hall–Kier alpha value is -2.95. The number of ether oxygens (including phenoxy) is 1. The number of aromatic amines is 1. The first kappa shape index (κ1) is 26.6. The summed E-state index contributed by atoms with van der Waals surface area (Å²) in [5.74, 6) is 0.363. The summed E-state index contributed by atoms with van der Waals surface area (Å²) in [4.78, 5) is 25.1. The van der Waals surface area contributed by atoms with Crippen molar-refractivity contribution in [3.8, 4) is 11.4 Å². The first-order chi connectivity index (χ1) is 18.2. The van der Waals surface area contributed by atoms with E-state index in [9.17, 15) is 13.2 Å². The van der Waals surface area contributed by atoms with Gasteiger partial charge in [0.15, 0.2) is 0 Å². The highest BCUT2D eigenvalue weighted by molar-refractivity contribution is 7.89. The number of aromatic nitrogens is 2. The number of piperazine rings is 1. The van der Waals surface area contributed by atoms with Gasteiger partial charge in [-0.25, -0.2) is 18.1 Å². The monoisotopic (exact) mass is 539 g/mol. The molecule has 1 aliphatic carbocycles. The van der Waals surface area contributed by atoms with Gasteiger partial charge < -0.3 is 19.5 Å². The molecule has 0 bridgehead atoms. The number of benzene rings is 2. The molecule has 0 spiro atoms. The molecule has 1 saturated carbocycles. The minimum atomic E-state index is -3.71. The van der Waals surface area contributed by atoms with E-state index in [0.29, 0.717) is 37.0 Å². The zero-order valence-electron chi connectivity index (χ0n) is 22.3. The standard InChI is InChI=1S/C28H37N5O4S/c1-19(2)37-28(34)21-4-8-22(9-5-21)31-38(35,36)24-12-13-25-26(18-24)30-27(29-25)20-6-10-23(11-7-20)33-16-14-32(3)15-17-33/h6-7,10-13,18-19,21-22,31H,4-5,8-9,14-17H2,1-3H3,(H,29,30)/t21-,22-. The number of carbonyl (C=O) groups excluding carboxylic acids is 1. The number of carbonyl (C=O) groups is 1. The lowest BCUT2D eigenvalue weighted by Crippen LogP contribution is -2.44. The van der Waals surface area contributed by atoms with Gasteiger partial charge in [0.1, 0.15) is 5.82 Å². The van der Waals surface area contributed by atoms with Gasteiger partial charge in [0, 0.05) is 43.5 Å².